The minimum Gasteiger partial charge on any atom is -0.302 e. The Balaban J connectivity index is 2.92. The van der Waals surface area contributed by atoms with Crippen LogP contribution in [0.5, 0.6) is 0 Å². The molecule has 14 heavy (non-hydrogen) atoms. The number of aldehydes is 1. The minimum absolute atomic E-state index is 0.461. The molecule has 0 atom stereocenters. The van der Waals surface area contributed by atoms with Gasteiger partial charge in [0.25, 0.3) is 0 Å². The number of carbonyl (C=O) groups excluding carboxylic acids is 1. The van der Waals surface area contributed by atoms with E-state index in [2.05, 4.69) is 0 Å². The normalized spacial score (nSPS) is 11.4. The van der Waals surface area contributed by atoms with Gasteiger partial charge >= 0.3 is 0 Å². The Morgan fingerprint density at radius 2 is 2.00 bits per heavy atom. The molecule has 76 valence electrons. The van der Waals surface area contributed by atoms with E-state index < -0.39 is 4.75 Å². The summed E-state index contributed by atoms with van der Waals surface area (Å²) in [7, 11) is 0. The molecule has 1 nitrogen and oxygen atoms in total. The summed E-state index contributed by atoms with van der Waals surface area (Å²) in [6, 6.07) is 5.25. The monoisotopic (exact) mass is 248 g/mol. The highest BCUT2D eigenvalue weighted by Gasteiger charge is 2.19. The van der Waals surface area contributed by atoms with Crippen LogP contribution in [0.3, 0.4) is 0 Å². The molecule has 0 unspecified atom stereocenters. The molecule has 1 aromatic rings. The third-order valence-corrected chi connectivity index (χ3v) is 3.41. The lowest BCUT2D eigenvalue weighted by Crippen LogP contribution is -2.15. The van der Waals surface area contributed by atoms with Gasteiger partial charge < -0.3 is 4.79 Å². The lowest BCUT2D eigenvalue weighted by Gasteiger charge is -2.16. The van der Waals surface area contributed by atoms with Gasteiger partial charge in [0, 0.05) is 9.92 Å². The van der Waals surface area contributed by atoms with Gasteiger partial charge in [-0.1, -0.05) is 23.2 Å². The van der Waals surface area contributed by atoms with Crippen molar-refractivity contribution in [3.63, 3.8) is 0 Å². The summed E-state index contributed by atoms with van der Waals surface area (Å²) < 4.78 is -0.461. The number of thioether (sulfide) groups is 1. The molecule has 0 aliphatic carbocycles. The lowest BCUT2D eigenvalue weighted by molar-refractivity contribution is -0.109. The first-order valence-corrected chi connectivity index (χ1v) is 5.62. The zero-order chi connectivity index (χ0) is 10.8. The van der Waals surface area contributed by atoms with E-state index >= 15 is 0 Å². The fourth-order valence-electron chi connectivity index (χ4n) is 0.865. The van der Waals surface area contributed by atoms with Gasteiger partial charge in [0.15, 0.2) is 0 Å². The van der Waals surface area contributed by atoms with Crippen molar-refractivity contribution in [1.29, 1.82) is 0 Å². The Labute approximate surface area is 97.8 Å². The van der Waals surface area contributed by atoms with Crippen LogP contribution in [-0.4, -0.2) is 11.0 Å². The lowest BCUT2D eigenvalue weighted by atomic mass is 10.2. The Morgan fingerprint density at radius 3 is 2.50 bits per heavy atom. The quantitative estimate of drug-likeness (QED) is 0.593. The number of benzene rings is 1. The van der Waals surface area contributed by atoms with Crippen molar-refractivity contribution in [2.45, 2.75) is 23.5 Å². The zero-order valence-corrected chi connectivity index (χ0v) is 10.2. The maximum absolute atomic E-state index is 10.7. The van der Waals surface area contributed by atoms with E-state index in [9.17, 15) is 4.79 Å². The first-order valence-electron chi connectivity index (χ1n) is 4.05. The number of hydrogen-bond acceptors (Lipinski definition) is 2. The topological polar surface area (TPSA) is 17.1 Å². The van der Waals surface area contributed by atoms with Gasteiger partial charge in [-0.25, -0.2) is 0 Å². The smallest absolute Gasteiger partial charge is 0.135 e. The summed E-state index contributed by atoms with van der Waals surface area (Å²) in [6.07, 6.45) is 0.905. The summed E-state index contributed by atoms with van der Waals surface area (Å²) in [4.78, 5) is 11.6. The molecule has 0 aromatic heterocycles. The highest BCUT2D eigenvalue weighted by atomic mass is 35.5. The van der Waals surface area contributed by atoms with Gasteiger partial charge in [-0.05, 0) is 32.0 Å². The summed E-state index contributed by atoms with van der Waals surface area (Å²) >= 11 is 13.2. The third kappa shape index (κ3) is 3.19. The molecule has 0 radical (unpaired) electrons. The second-order valence-electron chi connectivity index (χ2n) is 3.40. The average Bonchev–Trinajstić information content (AvgIpc) is 2.10. The van der Waals surface area contributed by atoms with Crippen LogP contribution >= 0.6 is 35.0 Å². The third-order valence-electron chi connectivity index (χ3n) is 1.55. The van der Waals surface area contributed by atoms with Crippen LogP contribution in [0.15, 0.2) is 23.1 Å². The van der Waals surface area contributed by atoms with E-state index in [0.29, 0.717) is 10.0 Å². The second-order valence-corrected chi connectivity index (χ2v) is 5.94. The van der Waals surface area contributed by atoms with Gasteiger partial charge in [0.05, 0.1) is 9.77 Å². The van der Waals surface area contributed by atoms with E-state index in [1.165, 1.54) is 11.8 Å². The predicted octanol–water partition coefficient (Wildman–Crippen LogP) is 4.06. The Hall–Kier alpha value is -0.180. The fourth-order valence-corrected chi connectivity index (χ4v) is 2.30. The zero-order valence-electron chi connectivity index (χ0n) is 7.88. The molecule has 0 saturated heterocycles. The van der Waals surface area contributed by atoms with Gasteiger partial charge in [-0.2, -0.15) is 0 Å². The Morgan fingerprint density at radius 1 is 1.36 bits per heavy atom. The van der Waals surface area contributed by atoms with E-state index in [0.717, 1.165) is 11.2 Å². The first-order chi connectivity index (χ1) is 6.44. The molecule has 4 heteroatoms. The van der Waals surface area contributed by atoms with Gasteiger partial charge in [-0.15, -0.1) is 11.8 Å². The summed E-state index contributed by atoms with van der Waals surface area (Å²) in [6.45, 7) is 3.69. The van der Waals surface area contributed by atoms with Crippen molar-refractivity contribution in [3.05, 3.63) is 28.2 Å². The number of halogens is 2. The maximum Gasteiger partial charge on any atom is 0.135 e. The highest BCUT2D eigenvalue weighted by molar-refractivity contribution is 8.01. The van der Waals surface area contributed by atoms with Crippen LogP contribution < -0.4 is 0 Å². The molecular formula is C10H10Cl2OS. The van der Waals surface area contributed by atoms with Gasteiger partial charge in [0.1, 0.15) is 6.29 Å². The Kier molecular flexibility index (Phi) is 3.87. The van der Waals surface area contributed by atoms with E-state index in [1.54, 1.807) is 12.1 Å². The molecule has 0 heterocycles. The molecule has 1 aromatic carbocycles. The standard InChI is InChI=1S/C10H10Cl2OS/c1-10(2,6-13)14-9-4-3-7(11)5-8(9)12/h3-6H,1-2H3. The van der Waals surface area contributed by atoms with Crippen molar-refractivity contribution >= 4 is 41.2 Å². The van der Waals surface area contributed by atoms with Crippen molar-refractivity contribution in [1.82, 2.24) is 0 Å². The van der Waals surface area contributed by atoms with Crippen LogP contribution in [0.2, 0.25) is 10.0 Å². The maximum atomic E-state index is 10.7. The number of hydrogen-bond donors (Lipinski definition) is 0. The van der Waals surface area contributed by atoms with Crippen molar-refractivity contribution in [2.75, 3.05) is 0 Å². The predicted molar refractivity (Wildman–Crippen MR) is 62.5 cm³/mol. The van der Waals surface area contributed by atoms with Crippen LogP contribution in [0.1, 0.15) is 13.8 Å². The highest BCUT2D eigenvalue weighted by Crippen LogP contribution is 2.36. The molecule has 0 aliphatic heterocycles. The molecule has 0 amide bonds. The largest absolute Gasteiger partial charge is 0.302 e. The van der Waals surface area contributed by atoms with E-state index in [4.69, 9.17) is 23.2 Å². The van der Waals surface area contributed by atoms with Gasteiger partial charge in [0.2, 0.25) is 0 Å². The number of rotatable bonds is 3. The minimum atomic E-state index is -0.461. The summed E-state index contributed by atoms with van der Waals surface area (Å²) in [5, 5.41) is 1.18. The molecule has 0 N–H and O–H groups in total. The molecule has 0 bridgehead atoms. The van der Waals surface area contributed by atoms with Gasteiger partial charge in [-0.3, -0.25) is 0 Å². The molecule has 0 aliphatic rings. The van der Waals surface area contributed by atoms with Crippen molar-refractivity contribution < 1.29 is 4.79 Å². The summed E-state index contributed by atoms with van der Waals surface area (Å²) in [5.74, 6) is 0. The second kappa shape index (κ2) is 4.56. The summed E-state index contributed by atoms with van der Waals surface area (Å²) in [5.41, 5.74) is 0. The molecule has 0 spiro atoms. The number of carbonyl (C=O) groups is 1. The molecule has 0 fully saturated rings. The first kappa shape index (κ1) is 11.9. The fraction of sp³-hybridized carbons (Fsp3) is 0.300. The van der Waals surface area contributed by atoms with E-state index in [-0.39, 0.29) is 0 Å². The Bertz CT molecular complexity index is 350. The van der Waals surface area contributed by atoms with E-state index in [1.807, 2.05) is 19.9 Å². The molecule has 1 rings (SSSR count). The average molecular weight is 249 g/mol. The van der Waals surface area contributed by atoms with Crippen LogP contribution in [-0.2, 0) is 4.79 Å². The van der Waals surface area contributed by atoms with Crippen LogP contribution in [0.25, 0.3) is 0 Å². The molecule has 0 saturated carbocycles. The van der Waals surface area contributed by atoms with Crippen molar-refractivity contribution in [2.24, 2.45) is 0 Å². The van der Waals surface area contributed by atoms with Crippen LogP contribution in [0.4, 0.5) is 0 Å². The molecular weight excluding hydrogens is 239 g/mol. The van der Waals surface area contributed by atoms with Crippen LogP contribution in [0, 0.1) is 0 Å². The SMILES string of the molecule is CC(C)(C=O)Sc1ccc(Cl)cc1Cl. The van der Waals surface area contributed by atoms with Crippen molar-refractivity contribution in [3.8, 4) is 0 Å².